The van der Waals surface area contributed by atoms with Crippen LogP contribution in [-0.4, -0.2) is 21.6 Å². The molecule has 1 aliphatic heterocycles. The van der Waals surface area contributed by atoms with Gasteiger partial charge in [0.15, 0.2) is 5.82 Å². The Bertz CT molecular complexity index is 919. The summed E-state index contributed by atoms with van der Waals surface area (Å²) in [6, 6.07) is 6.59. The number of hydrogen-bond acceptors (Lipinski definition) is 3. The molecule has 5 rings (SSSR count). The molecule has 3 aliphatic rings. The van der Waals surface area contributed by atoms with Crippen molar-refractivity contribution in [3.8, 4) is 0 Å². The van der Waals surface area contributed by atoms with Crippen molar-refractivity contribution in [1.29, 1.82) is 0 Å². The molecule has 0 saturated heterocycles. The number of aromatic nitrogens is 2. The number of fused-ring (bicyclic) bond motifs is 1. The molecule has 0 unspecified atom stereocenters. The Balaban J connectivity index is 1.48. The van der Waals surface area contributed by atoms with Crippen LogP contribution in [0.5, 0.6) is 0 Å². The van der Waals surface area contributed by atoms with Gasteiger partial charge in [0.25, 0.3) is 0 Å². The zero-order chi connectivity index (χ0) is 20.2. The molecule has 8 heteroatoms. The molecule has 0 amide bonds. The van der Waals surface area contributed by atoms with E-state index >= 15 is 0 Å². The lowest BCUT2D eigenvalue weighted by molar-refractivity contribution is -0.182. The molecule has 2 saturated carbocycles. The van der Waals surface area contributed by atoms with Gasteiger partial charge < -0.3 is 9.47 Å². The summed E-state index contributed by atoms with van der Waals surface area (Å²) >= 11 is 0. The van der Waals surface area contributed by atoms with Crippen molar-refractivity contribution in [1.82, 2.24) is 9.55 Å². The predicted octanol–water partition coefficient (Wildman–Crippen LogP) is 5.78. The molecule has 1 aromatic heterocycles. The van der Waals surface area contributed by atoms with Gasteiger partial charge in [0, 0.05) is 17.6 Å². The number of alkyl halides is 3. The van der Waals surface area contributed by atoms with Crippen molar-refractivity contribution in [2.24, 2.45) is 16.8 Å². The average molecular weight is 406 g/mol. The topological polar surface area (TPSA) is 33.4 Å². The Hall–Kier alpha value is -2.38. The summed E-state index contributed by atoms with van der Waals surface area (Å²) in [6.45, 7) is 0.499. The fourth-order valence-electron chi connectivity index (χ4n) is 4.48. The average Bonchev–Trinajstić information content (AvgIpc) is 3.46. The summed E-state index contributed by atoms with van der Waals surface area (Å²) < 4.78 is 54.8. The van der Waals surface area contributed by atoms with Gasteiger partial charge in [-0.1, -0.05) is 0 Å². The summed E-state index contributed by atoms with van der Waals surface area (Å²) in [5.41, 5.74) is 1.64. The molecule has 2 aromatic rings. The third-order valence-electron chi connectivity index (χ3n) is 6.28. The minimum atomic E-state index is -4.13. The van der Waals surface area contributed by atoms with Crippen LogP contribution in [0.1, 0.15) is 50.3 Å². The van der Waals surface area contributed by atoms with Gasteiger partial charge in [-0.3, -0.25) is 0 Å². The number of rotatable bonds is 3. The summed E-state index contributed by atoms with van der Waals surface area (Å²) in [5, 5.41) is 0. The van der Waals surface area contributed by atoms with Crippen molar-refractivity contribution < 1.29 is 17.6 Å². The molecular weight excluding hydrogens is 384 g/mol. The fourth-order valence-corrected chi connectivity index (χ4v) is 4.48. The fraction of sp³-hybridized carbons (Fsp3) is 0.524. The van der Waals surface area contributed by atoms with Crippen LogP contribution in [0.15, 0.2) is 35.6 Å². The lowest BCUT2D eigenvalue weighted by Gasteiger charge is -2.37. The van der Waals surface area contributed by atoms with Crippen LogP contribution in [0.3, 0.4) is 0 Å². The molecule has 0 spiro atoms. The van der Waals surface area contributed by atoms with Crippen LogP contribution >= 0.6 is 0 Å². The second kappa shape index (κ2) is 6.85. The number of benzene rings is 1. The van der Waals surface area contributed by atoms with E-state index in [1.807, 2.05) is 11.2 Å². The predicted molar refractivity (Wildman–Crippen MR) is 102 cm³/mol. The van der Waals surface area contributed by atoms with Gasteiger partial charge in [0.2, 0.25) is 0 Å². The van der Waals surface area contributed by atoms with Gasteiger partial charge in [0.05, 0.1) is 18.8 Å². The minimum Gasteiger partial charge on any atom is -0.323 e. The number of hydrogen-bond donors (Lipinski definition) is 0. The molecule has 2 heterocycles. The summed E-state index contributed by atoms with van der Waals surface area (Å²) in [6.07, 6.45) is 1.05. The maximum Gasteiger partial charge on any atom is 0.391 e. The highest BCUT2D eigenvalue weighted by Crippen LogP contribution is 2.44. The van der Waals surface area contributed by atoms with Crippen LogP contribution in [0.25, 0.3) is 0 Å². The van der Waals surface area contributed by atoms with E-state index in [1.54, 1.807) is 12.1 Å². The first kappa shape index (κ1) is 18.6. The van der Waals surface area contributed by atoms with E-state index in [0.717, 1.165) is 35.9 Å². The first-order valence-corrected chi connectivity index (χ1v) is 10.1. The maximum absolute atomic E-state index is 13.4. The van der Waals surface area contributed by atoms with E-state index in [4.69, 9.17) is 4.99 Å². The Morgan fingerprint density at radius 2 is 1.62 bits per heavy atom. The summed E-state index contributed by atoms with van der Waals surface area (Å²) in [4.78, 5) is 11.4. The molecule has 0 bridgehead atoms. The quantitative estimate of drug-likeness (QED) is 0.606. The second-order valence-corrected chi connectivity index (χ2v) is 8.28. The van der Waals surface area contributed by atoms with E-state index in [-0.39, 0.29) is 24.6 Å². The lowest BCUT2D eigenvalue weighted by Crippen LogP contribution is -2.40. The molecule has 154 valence electrons. The Morgan fingerprint density at radius 3 is 2.24 bits per heavy atom. The zero-order valence-corrected chi connectivity index (χ0v) is 15.9. The molecule has 29 heavy (non-hydrogen) atoms. The van der Waals surface area contributed by atoms with Crippen molar-refractivity contribution in [3.63, 3.8) is 0 Å². The van der Waals surface area contributed by atoms with Crippen molar-refractivity contribution >= 4 is 17.3 Å². The molecule has 0 atom stereocenters. The number of nitrogens with zero attached hydrogens (tertiary/aromatic N) is 4. The standard InChI is InChI=1S/C21H22F4N4/c22-15-5-7-16(8-6-15)28-11-18-20(29(12-26-18)17-9-10-17)27-19(28)13-1-3-14(4-2-13)21(23,24)25/h5-8,12-14,17H,1-4,9-11H2. The third kappa shape index (κ3) is 3.53. The van der Waals surface area contributed by atoms with Crippen LogP contribution in [0.4, 0.5) is 29.1 Å². The SMILES string of the molecule is Fc1ccc(N2Cc3ncn(C4CC4)c3N=C2C2CCC(C(F)(F)F)CC2)cc1. The van der Waals surface area contributed by atoms with Crippen molar-refractivity contribution in [2.45, 2.75) is 57.3 Å². The van der Waals surface area contributed by atoms with Gasteiger partial charge in [-0.2, -0.15) is 13.2 Å². The maximum atomic E-state index is 13.4. The highest BCUT2D eigenvalue weighted by Gasteiger charge is 2.43. The van der Waals surface area contributed by atoms with Crippen molar-refractivity contribution in [3.05, 3.63) is 42.1 Å². The molecule has 0 N–H and O–H groups in total. The monoisotopic (exact) mass is 406 g/mol. The first-order chi connectivity index (χ1) is 13.9. The van der Waals surface area contributed by atoms with E-state index in [2.05, 4.69) is 9.55 Å². The molecule has 0 radical (unpaired) electrons. The highest BCUT2D eigenvalue weighted by atomic mass is 19.4. The van der Waals surface area contributed by atoms with E-state index in [0.29, 0.717) is 25.4 Å². The number of halogens is 4. The Labute approximate surface area is 166 Å². The van der Waals surface area contributed by atoms with Gasteiger partial charge in [-0.15, -0.1) is 0 Å². The van der Waals surface area contributed by atoms with Gasteiger partial charge in [0.1, 0.15) is 17.3 Å². The number of anilines is 1. The van der Waals surface area contributed by atoms with Crippen LogP contribution in [0, 0.1) is 17.7 Å². The van der Waals surface area contributed by atoms with Crippen molar-refractivity contribution in [2.75, 3.05) is 4.90 Å². The van der Waals surface area contributed by atoms with E-state index < -0.39 is 12.1 Å². The number of amidine groups is 1. The lowest BCUT2D eigenvalue weighted by atomic mass is 9.80. The first-order valence-electron chi connectivity index (χ1n) is 10.1. The number of aliphatic imine (C=N–C) groups is 1. The zero-order valence-electron chi connectivity index (χ0n) is 15.9. The number of imidazole rings is 1. The van der Waals surface area contributed by atoms with Crippen LogP contribution in [0.2, 0.25) is 0 Å². The molecular formula is C21H22F4N4. The van der Waals surface area contributed by atoms with E-state index in [9.17, 15) is 17.6 Å². The van der Waals surface area contributed by atoms with Gasteiger partial charge in [-0.05, 0) is 62.8 Å². The minimum absolute atomic E-state index is 0.0469. The van der Waals surface area contributed by atoms with Crippen LogP contribution < -0.4 is 4.90 Å². The summed E-state index contributed by atoms with van der Waals surface area (Å²) in [5.74, 6) is 0.0173. The third-order valence-corrected chi connectivity index (χ3v) is 6.28. The Kier molecular flexibility index (Phi) is 4.40. The van der Waals surface area contributed by atoms with E-state index in [1.165, 1.54) is 12.1 Å². The second-order valence-electron chi connectivity index (χ2n) is 8.28. The summed E-state index contributed by atoms with van der Waals surface area (Å²) in [7, 11) is 0. The van der Waals surface area contributed by atoms with Gasteiger partial charge in [-0.25, -0.2) is 14.4 Å². The smallest absolute Gasteiger partial charge is 0.323 e. The normalized spacial score (nSPS) is 25.0. The highest BCUT2D eigenvalue weighted by molar-refractivity contribution is 6.02. The molecule has 4 nitrogen and oxygen atoms in total. The molecule has 2 aliphatic carbocycles. The molecule has 2 fully saturated rings. The largest absolute Gasteiger partial charge is 0.391 e. The van der Waals surface area contributed by atoms with Gasteiger partial charge >= 0.3 is 6.18 Å². The molecule has 1 aromatic carbocycles. The van der Waals surface area contributed by atoms with Crippen LogP contribution in [-0.2, 0) is 6.54 Å². The Morgan fingerprint density at radius 1 is 0.931 bits per heavy atom.